The van der Waals surface area contributed by atoms with Crippen molar-refractivity contribution in [1.82, 2.24) is 15.0 Å². The first-order chi connectivity index (χ1) is 8.65. The molecule has 0 saturated carbocycles. The fourth-order valence-corrected chi connectivity index (χ4v) is 2.94. The van der Waals surface area contributed by atoms with Gasteiger partial charge in [0.25, 0.3) is 0 Å². The summed E-state index contributed by atoms with van der Waals surface area (Å²) in [5.74, 6) is -0.271. The number of fused-ring (bicyclic) bond motifs is 1. The Morgan fingerprint density at radius 3 is 2.94 bits per heavy atom. The lowest BCUT2D eigenvalue weighted by Gasteiger charge is -2.06. The number of hydrogen-bond donors (Lipinski definition) is 1. The molecule has 3 rings (SSSR count). The van der Waals surface area contributed by atoms with Crippen molar-refractivity contribution >= 4 is 21.4 Å². The van der Waals surface area contributed by atoms with Crippen LogP contribution in [-0.2, 0) is 7.05 Å². The van der Waals surface area contributed by atoms with Crippen LogP contribution in [0.4, 0.5) is 4.39 Å². The van der Waals surface area contributed by atoms with E-state index in [1.807, 2.05) is 6.07 Å². The number of thiophene rings is 1. The van der Waals surface area contributed by atoms with Crippen LogP contribution in [0.25, 0.3) is 10.1 Å². The highest BCUT2D eigenvalue weighted by atomic mass is 32.1. The van der Waals surface area contributed by atoms with Gasteiger partial charge in [-0.3, -0.25) is 0 Å². The number of halogens is 1. The maximum absolute atomic E-state index is 13.1. The zero-order valence-corrected chi connectivity index (χ0v) is 10.4. The van der Waals surface area contributed by atoms with Crippen LogP contribution in [0.15, 0.2) is 30.5 Å². The van der Waals surface area contributed by atoms with Crippen LogP contribution in [0.2, 0.25) is 0 Å². The number of aryl methyl sites for hydroxylation is 1. The number of hydrogen-bond acceptors (Lipinski definition) is 4. The number of nitrogens with zero attached hydrogens (tertiary/aromatic N) is 3. The third-order valence-electron chi connectivity index (χ3n) is 2.80. The molecular weight excluding hydrogens is 253 g/mol. The van der Waals surface area contributed by atoms with E-state index in [0.717, 1.165) is 15.0 Å². The summed E-state index contributed by atoms with van der Waals surface area (Å²) >= 11 is 1.37. The predicted molar refractivity (Wildman–Crippen MR) is 66.8 cm³/mol. The topological polar surface area (TPSA) is 50.9 Å². The zero-order chi connectivity index (χ0) is 12.7. The van der Waals surface area contributed by atoms with E-state index in [1.54, 1.807) is 13.1 Å². The third-order valence-corrected chi connectivity index (χ3v) is 3.95. The van der Waals surface area contributed by atoms with E-state index < -0.39 is 6.10 Å². The van der Waals surface area contributed by atoms with Crippen molar-refractivity contribution < 1.29 is 9.50 Å². The van der Waals surface area contributed by atoms with Crippen LogP contribution in [-0.4, -0.2) is 20.1 Å². The van der Waals surface area contributed by atoms with Gasteiger partial charge in [0.1, 0.15) is 11.9 Å². The van der Waals surface area contributed by atoms with Gasteiger partial charge in [-0.05, 0) is 23.6 Å². The Labute approximate surface area is 106 Å². The molecule has 0 bridgehead atoms. The van der Waals surface area contributed by atoms with Crippen molar-refractivity contribution in [3.63, 3.8) is 0 Å². The summed E-state index contributed by atoms with van der Waals surface area (Å²) in [7, 11) is 1.72. The minimum atomic E-state index is -0.787. The number of aliphatic hydroxyl groups excluding tert-OH is 1. The molecule has 1 aromatic carbocycles. The normalized spacial score (nSPS) is 13.1. The van der Waals surface area contributed by atoms with Gasteiger partial charge < -0.3 is 5.11 Å². The van der Waals surface area contributed by atoms with E-state index in [1.165, 1.54) is 34.3 Å². The van der Waals surface area contributed by atoms with E-state index in [2.05, 4.69) is 10.3 Å². The van der Waals surface area contributed by atoms with E-state index in [9.17, 15) is 9.50 Å². The monoisotopic (exact) mass is 263 g/mol. The fourth-order valence-electron chi connectivity index (χ4n) is 1.85. The molecular formula is C12H10FN3OS. The number of aliphatic hydroxyl groups is 1. The van der Waals surface area contributed by atoms with Gasteiger partial charge in [0.2, 0.25) is 0 Å². The van der Waals surface area contributed by atoms with Crippen molar-refractivity contribution in [2.24, 2.45) is 7.05 Å². The highest BCUT2D eigenvalue weighted by molar-refractivity contribution is 7.19. The van der Waals surface area contributed by atoms with Gasteiger partial charge in [0, 0.05) is 16.6 Å². The molecule has 0 saturated heterocycles. The Bertz CT molecular complexity index is 706. The summed E-state index contributed by atoms with van der Waals surface area (Å²) in [4.78, 5) is 0.751. The number of rotatable bonds is 2. The molecule has 92 valence electrons. The Balaban J connectivity index is 2.07. The van der Waals surface area contributed by atoms with Crippen LogP contribution < -0.4 is 0 Å². The van der Waals surface area contributed by atoms with Crippen molar-refractivity contribution in [3.8, 4) is 0 Å². The molecule has 1 unspecified atom stereocenters. The zero-order valence-electron chi connectivity index (χ0n) is 9.54. The van der Waals surface area contributed by atoms with Gasteiger partial charge in [-0.2, -0.15) is 0 Å². The summed E-state index contributed by atoms with van der Waals surface area (Å²) in [6.07, 6.45) is 0.737. The average Bonchev–Trinajstić information content (AvgIpc) is 2.93. The maximum Gasteiger partial charge on any atom is 0.131 e. The van der Waals surface area contributed by atoms with Crippen LogP contribution in [0.1, 0.15) is 16.7 Å². The lowest BCUT2D eigenvalue weighted by Crippen LogP contribution is -2.04. The number of aromatic nitrogens is 3. The second kappa shape index (κ2) is 4.15. The Morgan fingerprint density at radius 1 is 1.39 bits per heavy atom. The molecule has 0 aliphatic heterocycles. The molecule has 2 heterocycles. The van der Waals surface area contributed by atoms with Gasteiger partial charge in [0.05, 0.1) is 11.9 Å². The highest BCUT2D eigenvalue weighted by Crippen LogP contribution is 2.32. The largest absolute Gasteiger partial charge is 0.381 e. The van der Waals surface area contributed by atoms with Crippen molar-refractivity contribution in [3.05, 3.63) is 46.9 Å². The molecule has 0 radical (unpaired) electrons. The van der Waals surface area contributed by atoms with Crippen LogP contribution in [0, 0.1) is 5.82 Å². The molecule has 4 nitrogen and oxygen atoms in total. The first-order valence-corrected chi connectivity index (χ1v) is 6.18. The fraction of sp³-hybridized carbons (Fsp3) is 0.167. The molecule has 0 spiro atoms. The molecule has 0 fully saturated rings. The van der Waals surface area contributed by atoms with Crippen molar-refractivity contribution in [2.75, 3.05) is 0 Å². The van der Waals surface area contributed by atoms with E-state index in [4.69, 9.17) is 0 Å². The van der Waals surface area contributed by atoms with Crippen LogP contribution in [0.5, 0.6) is 0 Å². The highest BCUT2D eigenvalue weighted by Gasteiger charge is 2.17. The Morgan fingerprint density at radius 2 is 2.22 bits per heavy atom. The molecule has 6 heteroatoms. The second-order valence-electron chi connectivity index (χ2n) is 4.02. The van der Waals surface area contributed by atoms with Crippen LogP contribution in [0.3, 0.4) is 0 Å². The van der Waals surface area contributed by atoms with Crippen molar-refractivity contribution in [2.45, 2.75) is 6.10 Å². The lowest BCUT2D eigenvalue weighted by atomic mass is 10.2. The minimum absolute atomic E-state index is 0.271. The summed E-state index contributed by atoms with van der Waals surface area (Å²) in [5, 5.41) is 18.7. The van der Waals surface area contributed by atoms with Gasteiger partial charge in [0.15, 0.2) is 0 Å². The summed E-state index contributed by atoms with van der Waals surface area (Å²) < 4.78 is 15.4. The first-order valence-electron chi connectivity index (χ1n) is 5.37. The molecule has 3 aromatic rings. The maximum atomic E-state index is 13.1. The molecule has 0 amide bonds. The average molecular weight is 263 g/mol. The quantitative estimate of drug-likeness (QED) is 0.771. The molecule has 1 atom stereocenters. The van der Waals surface area contributed by atoms with Gasteiger partial charge in [-0.25, -0.2) is 9.07 Å². The predicted octanol–water partition coefficient (Wildman–Crippen LogP) is 2.25. The summed E-state index contributed by atoms with van der Waals surface area (Å²) in [6, 6.07) is 6.45. The lowest BCUT2D eigenvalue weighted by molar-refractivity contribution is 0.213. The molecule has 1 N–H and O–H groups in total. The molecule has 0 aliphatic carbocycles. The van der Waals surface area contributed by atoms with E-state index in [-0.39, 0.29) is 5.82 Å². The Hall–Kier alpha value is -1.79. The van der Waals surface area contributed by atoms with E-state index >= 15 is 0 Å². The second-order valence-corrected chi connectivity index (χ2v) is 5.13. The first kappa shape index (κ1) is 11.3. The van der Waals surface area contributed by atoms with Crippen LogP contribution >= 0.6 is 11.3 Å². The standard InChI is InChI=1S/C12H10FN3OS/c1-16-9(6-14-15-16)12(17)11-4-7-2-3-8(13)5-10(7)18-11/h2-6,12,17H,1H3. The third kappa shape index (κ3) is 1.79. The summed E-state index contributed by atoms with van der Waals surface area (Å²) in [6.45, 7) is 0. The van der Waals surface area contributed by atoms with Gasteiger partial charge in [-0.15, -0.1) is 16.4 Å². The number of benzene rings is 1. The molecule has 18 heavy (non-hydrogen) atoms. The smallest absolute Gasteiger partial charge is 0.131 e. The minimum Gasteiger partial charge on any atom is -0.381 e. The van der Waals surface area contributed by atoms with E-state index in [0.29, 0.717) is 5.69 Å². The van der Waals surface area contributed by atoms with Gasteiger partial charge >= 0.3 is 0 Å². The Kier molecular flexibility index (Phi) is 2.61. The van der Waals surface area contributed by atoms with Gasteiger partial charge in [-0.1, -0.05) is 11.3 Å². The molecule has 0 aliphatic rings. The SMILES string of the molecule is Cn1nncc1C(O)c1cc2ccc(F)cc2s1. The summed E-state index contributed by atoms with van der Waals surface area (Å²) in [5.41, 5.74) is 0.613. The van der Waals surface area contributed by atoms with Crippen molar-refractivity contribution in [1.29, 1.82) is 0 Å². The molecule has 2 aromatic heterocycles.